The molecule has 0 atom stereocenters. The molecule has 1 N–H and O–H groups in total. The first kappa shape index (κ1) is 10.4. The molecule has 1 aromatic rings. The molecule has 2 heterocycles. The lowest BCUT2D eigenvalue weighted by Crippen LogP contribution is -2.51. The van der Waals surface area contributed by atoms with E-state index in [4.69, 9.17) is 10.4 Å². The fourth-order valence-electron chi connectivity index (χ4n) is 1.68. The van der Waals surface area contributed by atoms with Crippen molar-refractivity contribution in [3.63, 3.8) is 0 Å². The number of nitrogens with zero attached hydrogens (tertiary/aromatic N) is 3. The van der Waals surface area contributed by atoms with Crippen molar-refractivity contribution in [2.24, 2.45) is 5.92 Å². The number of aliphatic carboxylic acids is 1. The summed E-state index contributed by atoms with van der Waals surface area (Å²) in [7, 11) is 0. The van der Waals surface area contributed by atoms with Crippen LogP contribution in [0.1, 0.15) is 11.3 Å². The lowest BCUT2D eigenvalue weighted by atomic mass is 10.00. The van der Waals surface area contributed by atoms with Gasteiger partial charge in [-0.2, -0.15) is 5.26 Å². The molecule has 5 nitrogen and oxygen atoms in total. The third-order valence-electron chi connectivity index (χ3n) is 2.67. The Balaban J connectivity index is 2.20. The second kappa shape index (κ2) is 3.81. The van der Waals surface area contributed by atoms with Gasteiger partial charge in [0.2, 0.25) is 0 Å². The van der Waals surface area contributed by atoms with Gasteiger partial charge in [0.15, 0.2) is 0 Å². The van der Waals surface area contributed by atoms with Crippen LogP contribution in [0.5, 0.6) is 0 Å². The number of aryl methyl sites for hydroxylation is 1. The Morgan fingerprint density at radius 2 is 2.31 bits per heavy atom. The average molecular weight is 217 g/mol. The number of anilines is 1. The standard InChI is InChI=1S/C11H11N3O2/c1-7-2-3-8(4-12)10(13-7)14-5-9(6-14)11(15)16/h2-3,9H,5-6H2,1H3,(H,15,16). The van der Waals surface area contributed by atoms with Crippen molar-refractivity contribution in [2.45, 2.75) is 6.92 Å². The average Bonchev–Trinajstić information content (AvgIpc) is 2.15. The third-order valence-corrected chi connectivity index (χ3v) is 2.67. The maximum atomic E-state index is 10.7. The first-order valence-electron chi connectivity index (χ1n) is 4.97. The van der Waals surface area contributed by atoms with Gasteiger partial charge >= 0.3 is 5.97 Å². The van der Waals surface area contributed by atoms with Crippen LogP contribution in [0.25, 0.3) is 0 Å². The second-order valence-corrected chi connectivity index (χ2v) is 3.88. The highest BCUT2D eigenvalue weighted by atomic mass is 16.4. The number of hydrogen-bond acceptors (Lipinski definition) is 4. The summed E-state index contributed by atoms with van der Waals surface area (Å²) in [6.45, 7) is 2.71. The number of carbonyl (C=O) groups is 1. The Morgan fingerprint density at radius 3 is 2.88 bits per heavy atom. The molecule has 0 aliphatic carbocycles. The second-order valence-electron chi connectivity index (χ2n) is 3.88. The van der Waals surface area contributed by atoms with Crippen molar-refractivity contribution < 1.29 is 9.90 Å². The molecule has 1 fully saturated rings. The SMILES string of the molecule is Cc1ccc(C#N)c(N2CC(C(=O)O)C2)n1. The topological polar surface area (TPSA) is 77.2 Å². The number of rotatable bonds is 2. The van der Waals surface area contributed by atoms with Crippen LogP contribution >= 0.6 is 0 Å². The first-order chi connectivity index (χ1) is 7.61. The normalized spacial score (nSPS) is 15.4. The summed E-state index contributed by atoms with van der Waals surface area (Å²) in [5.74, 6) is -0.531. The van der Waals surface area contributed by atoms with Crippen LogP contribution in [-0.2, 0) is 4.79 Å². The van der Waals surface area contributed by atoms with Gasteiger partial charge in [-0.1, -0.05) is 0 Å². The number of nitriles is 1. The van der Waals surface area contributed by atoms with Gasteiger partial charge in [-0.3, -0.25) is 4.79 Å². The van der Waals surface area contributed by atoms with E-state index in [0.717, 1.165) is 5.69 Å². The van der Waals surface area contributed by atoms with Crippen molar-refractivity contribution in [3.05, 3.63) is 23.4 Å². The zero-order chi connectivity index (χ0) is 11.7. The summed E-state index contributed by atoms with van der Waals surface area (Å²) in [6.07, 6.45) is 0. The Hall–Kier alpha value is -2.09. The molecular formula is C11H11N3O2. The molecule has 0 radical (unpaired) electrons. The van der Waals surface area contributed by atoms with E-state index >= 15 is 0 Å². The van der Waals surface area contributed by atoms with E-state index in [1.165, 1.54) is 0 Å². The van der Waals surface area contributed by atoms with E-state index in [1.807, 2.05) is 11.8 Å². The van der Waals surface area contributed by atoms with Crippen LogP contribution in [0.3, 0.4) is 0 Å². The Morgan fingerprint density at radius 1 is 1.62 bits per heavy atom. The molecule has 1 aliphatic rings. The molecule has 0 saturated carbocycles. The van der Waals surface area contributed by atoms with Crippen molar-refractivity contribution in [3.8, 4) is 6.07 Å². The molecule has 0 aromatic carbocycles. The highest BCUT2D eigenvalue weighted by Gasteiger charge is 2.34. The van der Waals surface area contributed by atoms with E-state index in [2.05, 4.69) is 11.1 Å². The molecule has 5 heteroatoms. The van der Waals surface area contributed by atoms with Crippen LogP contribution in [0.2, 0.25) is 0 Å². The van der Waals surface area contributed by atoms with Gasteiger partial charge in [-0.25, -0.2) is 4.98 Å². The summed E-state index contributed by atoms with van der Waals surface area (Å²) in [4.78, 5) is 16.8. The summed E-state index contributed by atoms with van der Waals surface area (Å²) in [5.41, 5.74) is 1.32. The minimum atomic E-state index is -0.789. The Labute approximate surface area is 92.9 Å². The van der Waals surface area contributed by atoms with Gasteiger partial charge < -0.3 is 10.0 Å². The summed E-state index contributed by atoms with van der Waals surface area (Å²) in [5, 5.41) is 17.7. The number of pyridine rings is 1. The molecule has 0 spiro atoms. The minimum Gasteiger partial charge on any atom is -0.481 e. The lowest BCUT2D eigenvalue weighted by Gasteiger charge is -2.38. The Bertz CT molecular complexity index is 473. The fraction of sp³-hybridized carbons (Fsp3) is 0.364. The largest absolute Gasteiger partial charge is 0.481 e. The van der Waals surface area contributed by atoms with Crippen molar-refractivity contribution in [1.29, 1.82) is 5.26 Å². The number of hydrogen-bond donors (Lipinski definition) is 1. The molecular weight excluding hydrogens is 206 g/mol. The monoisotopic (exact) mass is 217 g/mol. The molecule has 1 saturated heterocycles. The molecule has 0 unspecified atom stereocenters. The van der Waals surface area contributed by atoms with E-state index in [0.29, 0.717) is 24.5 Å². The summed E-state index contributed by atoms with van der Waals surface area (Å²) >= 11 is 0. The van der Waals surface area contributed by atoms with Crippen molar-refractivity contribution in [1.82, 2.24) is 4.98 Å². The van der Waals surface area contributed by atoms with Gasteiger partial charge in [0.25, 0.3) is 0 Å². The molecule has 2 rings (SSSR count). The van der Waals surface area contributed by atoms with Crippen LogP contribution in [0.15, 0.2) is 12.1 Å². The van der Waals surface area contributed by atoms with Crippen LogP contribution in [0, 0.1) is 24.2 Å². The van der Waals surface area contributed by atoms with Gasteiger partial charge in [0, 0.05) is 18.8 Å². The van der Waals surface area contributed by atoms with Crippen molar-refractivity contribution in [2.75, 3.05) is 18.0 Å². The predicted octanol–water partition coefficient (Wildman–Crippen LogP) is 0.782. The fourth-order valence-corrected chi connectivity index (χ4v) is 1.68. The van der Waals surface area contributed by atoms with E-state index in [-0.39, 0.29) is 5.92 Å². The van der Waals surface area contributed by atoms with E-state index in [9.17, 15) is 4.79 Å². The lowest BCUT2D eigenvalue weighted by molar-refractivity contribution is -0.142. The summed E-state index contributed by atoms with van der Waals surface area (Å²) in [6, 6.07) is 5.55. The predicted molar refractivity (Wildman–Crippen MR) is 57.0 cm³/mol. The smallest absolute Gasteiger partial charge is 0.310 e. The highest BCUT2D eigenvalue weighted by molar-refractivity contribution is 5.74. The van der Waals surface area contributed by atoms with Crippen LogP contribution in [0.4, 0.5) is 5.82 Å². The quantitative estimate of drug-likeness (QED) is 0.792. The summed E-state index contributed by atoms with van der Waals surface area (Å²) < 4.78 is 0. The van der Waals surface area contributed by atoms with Gasteiger partial charge in [-0.05, 0) is 19.1 Å². The van der Waals surface area contributed by atoms with Gasteiger partial charge in [0.05, 0.1) is 11.5 Å². The van der Waals surface area contributed by atoms with E-state index in [1.54, 1.807) is 12.1 Å². The molecule has 82 valence electrons. The van der Waals surface area contributed by atoms with Gasteiger partial charge in [-0.15, -0.1) is 0 Å². The third kappa shape index (κ3) is 1.70. The zero-order valence-corrected chi connectivity index (χ0v) is 8.84. The first-order valence-corrected chi connectivity index (χ1v) is 4.97. The maximum absolute atomic E-state index is 10.7. The van der Waals surface area contributed by atoms with Crippen LogP contribution < -0.4 is 4.90 Å². The Kier molecular flexibility index (Phi) is 2.49. The van der Waals surface area contributed by atoms with Crippen LogP contribution in [-0.4, -0.2) is 29.1 Å². The van der Waals surface area contributed by atoms with Gasteiger partial charge in [0.1, 0.15) is 11.9 Å². The van der Waals surface area contributed by atoms with Crippen molar-refractivity contribution >= 4 is 11.8 Å². The molecule has 1 aliphatic heterocycles. The minimum absolute atomic E-state index is 0.339. The molecule has 1 aromatic heterocycles. The number of carboxylic acids is 1. The highest BCUT2D eigenvalue weighted by Crippen LogP contribution is 2.26. The molecule has 16 heavy (non-hydrogen) atoms. The zero-order valence-electron chi connectivity index (χ0n) is 8.84. The number of carboxylic acid groups (broad SMARTS) is 1. The maximum Gasteiger partial charge on any atom is 0.310 e. The molecule has 0 amide bonds. The van der Waals surface area contributed by atoms with E-state index < -0.39 is 5.97 Å². The number of aromatic nitrogens is 1. The molecule has 0 bridgehead atoms.